The van der Waals surface area contributed by atoms with Gasteiger partial charge in [-0.3, -0.25) is 9.89 Å². The number of nitrogens with zero attached hydrogens (tertiary/aromatic N) is 2. The largest absolute Gasteiger partial charge is 0.496 e. The van der Waals surface area contributed by atoms with Gasteiger partial charge in [-0.2, -0.15) is 13.2 Å². The Morgan fingerprint density at radius 1 is 1.32 bits per heavy atom. The van der Waals surface area contributed by atoms with Crippen molar-refractivity contribution in [3.05, 3.63) is 29.3 Å². The molecule has 1 aromatic carbocycles. The molecule has 2 N–H and O–H groups in total. The van der Waals surface area contributed by atoms with Crippen LogP contribution < -0.4 is 15.4 Å². The molecular weight excluding hydrogens is 484 g/mol. The second-order valence-electron chi connectivity index (χ2n) is 6.94. The second kappa shape index (κ2) is 11.7. The zero-order valence-electron chi connectivity index (χ0n) is 16.6. The number of hydrogen-bond donors (Lipinski definition) is 2. The summed E-state index contributed by atoms with van der Waals surface area (Å²) in [6.45, 7) is 3.46. The number of ether oxygens (including phenoxy) is 1. The van der Waals surface area contributed by atoms with E-state index in [0.717, 1.165) is 24.2 Å². The number of alkyl halides is 3. The molecule has 2 rings (SSSR count). The molecule has 1 fully saturated rings. The van der Waals surface area contributed by atoms with Crippen LogP contribution in [0.5, 0.6) is 5.75 Å². The first kappa shape index (κ1) is 24.8. The number of methoxy groups -OCH3 is 1. The highest BCUT2D eigenvalue weighted by molar-refractivity contribution is 14.0. The topological polar surface area (TPSA) is 48.9 Å². The van der Waals surface area contributed by atoms with E-state index < -0.39 is 12.7 Å². The minimum absolute atomic E-state index is 0. The van der Waals surface area contributed by atoms with Crippen molar-refractivity contribution in [2.45, 2.75) is 25.9 Å². The Bertz CT molecular complexity index is 640. The van der Waals surface area contributed by atoms with Gasteiger partial charge in [-0.15, -0.1) is 24.0 Å². The Morgan fingerprint density at radius 3 is 2.71 bits per heavy atom. The van der Waals surface area contributed by atoms with Gasteiger partial charge in [-0.1, -0.05) is 12.1 Å². The summed E-state index contributed by atoms with van der Waals surface area (Å²) in [5.74, 6) is 1.75. The molecule has 1 saturated heterocycles. The first-order chi connectivity index (χ1) is 12.8. The van der Waals surface area contributed by atoms with Crippen LogP contribution in [0.15, 0.2) is 23.2 Å². The van der Waals surface area contributed by atoms with Crippen molar-refractivity contribution in [1.29, 1.82) is 0 Å². The number of hydrogen-bond acceptors (Lipinski definition) is 3. The molecule has 1 aromatic rings. The minimum Gasteiger partial charge on any atom is -0.496 e. The Balaban J connectivity index is 0.00000392. The molecule has 0 spiro atoms. The number of halogens is 4. The summed E-state index contributed by atoms with van der Waals surface area (Å²) in [5.41, 5.74) is 2.27. The third kappa shape index (κ3) is 8.42. The summed E-state index contributed by atoms with van der Waals surface area (Å²) >= 11 is 0. The molecule has 0 aliphatic carbocycles. The minimum atomic E-state index is -4.13. The van der Waals surface area contributed by atoms with E-state index in [2.05, 4.69) is 21.7 Å². The predicted octanol–water partition coefficient (Wildman–Crippen LogP) is 3.21. The molecule has 28 heavy (non-hydrogen) atoms. The number of aryl methyl sites for hydroxylation is 1. The van der Waals surface area contributed by atoms with Gasteiger partial charge in [0.05, 0.1) is 13.7 Å². The SMILES string of the molecule is CN=C(NCCc1ccc(C)c(OC)c1)NCC1CCN(CC(F)(F)F)C1.I. The number of guanidine groups is 1. The highest BCUT2D eigenvalue weighted by Crippen LogP contribution is 2.22. The molecule has 1 aliphatic heterocycles. The van der Waals surface area contributed by atoms with E-state index in [9.17, 15) is 13.2 Å². The summed E-state index contributed by atoms with van der Waals surface area (Å²) in [5, 5.41) is 6.47. The fourth-order valence-corrected chi connectivity index (χ4v) is 3.28. The zero-order valence-corrected chi connectivity index (χ0v) is 18.9. The van der Waals surface area contributed by atoms with Crippen molar-refractivity contribution >= 4 is 29.9 Å². The van der Waals surface area contributed by atoms with Gasteiger partial charge in [0.15, 0.2) is 5.96 Å². The highest BCUT2D eigenvalue weighted by atomic mass is 127. The first-order valence-electron chi connectivity index (χ1n) is 9.18. The van der Waals surface area contributed by atoms with Crippen LogP contribution in [0.1, 0.15) is 17.5 Å². The summed E-state index contributed by atoms with van der Waals surface area (Å²) in [6.07, 6.45) is -2.54. The van der Waals surface area contributed by atoms with Gasteiger partial charge >= 0.3 is 6.18 Å². The van der Waals surface area contributed by atoms with E-state index in [1.165, 1.54) is 10.5 Å². The number of rotatable bonds is 7. The van der Waals surface area contributed by atoms with Crippen molar-refractivity contribution in [2.75, 3.05) is 46.9 Å². The molecule has 1 atom stereocenters. The molecule has 1 unspecified atom stereocenters. The van der Waals surface area contributed by atoms with Gasteiger partial charge in [0.2, 0.25) is 0 Å². The summed E-state index contributed by atoms with van der Waals surface area (Å²) < 4.78 is 42.7. The van der Waals surface area contributed by atoms with Gasteiger partial charge in [0.1, 0.15) is 5.75 Å². The van der Waals surface area contributed by atoms with Crippen LogP contribution in [0, 0.1) is 12.8 Å². The van der Waals surface area contributed by atoms with Crippen molar-refractivity contribution < 1.29 is 17.9 Å². The average molecular weight is 514 g/mol. The van der Waals surface area contributed by atoms with Crippen molar-refractivity contribution in [2.24, 2.45) is 10.9 Å². The van der Waals surface area contributed by atoms with Crippen molar-refractivity contribution in [1.82, 2.24) is 15.5 Å². The average Bonchev–Trinajstić information content (AvgIpc) is 3.04. The maximum Gasteiger partial charge on any atom is 0.401 e. The van der Waals surface area contributed by atoms with Crippen molar-refractivity contribution in [3.63, 3.8) is 0 Å². The molecular formula is C19H30F3IN4O. The molecule has 1 heterocycles. The van der Waals surface area contributed by atoms with Crippen LogP contribution in [0.3, 0.4) is 0 Å². The molecule has 5 nitrogen and oxygen atoms in total. The number of benzene rings is 1. The fraction of sp³-hybridized carbons (Fsp3) is 0.632. The van der Waals surface area contributed by atoms with Gasteiger partial charge in [0, 0.05) is 26.7 Å². The fourth-order valence-electron chi connectivity index (χ4n) is 3.28. The van der Waals surface area contributed by atoms with Crippen LogP contribution in [0.25, 0.3) is 0 Å². The third-order valence-electron chi connectivity index (χ3n) is 4.73. The molecule has 0 radical (unpaired) electrons. The number of aliphatic imine (C=N–C) groups is 1. The zero-order chi connectivity index (χ0) is 19.9. The van der Waals surface area contributed by atoms with Gasteiger partial charge in [-0.25, -0.2) is 0 Å². The molecule has 0 saturated carbocycles. The monoisotopic (exact) mass is 514 g/mol. The Labute approximate surface area is 182 Å². The maximum atomic E-state index is 12.5. The van der Waals surface area contributed by atoms with Crippen LogP contribution in [-0.2, 0) is 6.42 Å². The second-order valence-corrected chi connectivity index (χ2v) is 6.94. The van der Waals surface area contributed by atoms with Crippen LogP contribution >= 0.6 is 24.0 Å². The van der Waals surface area contributed by atoms with Crippen LogP contribution in [0.2, 0.25) is 0 Å². The van der Waals surface area contributed by atoms with E-state index >= 15 is 0 Å². The lowest BCUT2D eigenvalue weighted by atomic mass is 10.1. The normalized spacial score (nSPS) is 17.9. The lowest BCUT2D eigenvalue weighted by molar-refractivity contribution is -0.143. The van der Waals surface area contributed by atoms with E-state index in [1.807, 2.05) is 19.1 Å². The van der Waals surface area contributed by atoms with E-state index in [0.29, 0.717) is 32.1 Å². The Hall–Kier alpha value is -1.23. The van der Waals surface area contributed by atoms with E-state index in [4.69, 9.17) is 4.74 Å². The Kier molecular flexibility index (Phi) is 10.4. The molecule has 0 amide bonds. The van der Waals surface area contributed by atoms with Gasteiger partial charge in [-0.05, 0) is 49.4 Å². The Morgan fingerprint density at radius 2 is 2.07 bits per heavy atom. The van der Waals surface area contributed by atoms with Crippen LogP contribution in [-0.4, -0.2) is 63.9 Å². The maximum absolute atomic E-state index is 12.5. The predicted molar refractivity (Wildman–Crippen MR) is 117 cm³/mol. The van der Waals surface area contributed by atoms with Crippen LogP contribution in [0.4, 0.5) is 13.2 Å². The van der Waals surface area contributed by atoms with Gasteiger partial charge < -0.3 is 15.4 Å². The molecule has 9 heteroatoms. The molecule has 160 valence electrons. The summed E-state index contributed by atoms with van der Waals surface area (Å²) in [7, 11) is 3.35. The lowest BCUT2D eigenvalue weighted by Gasteiger charge is -2.18. The third-order valence-corrected chi connectivity index (χ3v) is 4.73. The number of likely N-dealkylation sites (tertiary alicyclic amines) is 1. The number of nitrogens with one attached hydrogen (secondary N) is 2. The first-order valence-corrected chi connectivity index (χ1v) is 9.18. The van der Waals surface area contributed by atoms with Crippen molar-refractivity contribution in [3.8, 4) is 5.75 Å². The van der Waals surface area contributed by atoms with E-state index in [1.54, 1.807) is 14.2 Å². The quantitative estimate of drug-likeness (QED) is 0.334. The molecule has 0 bridgehead atoms. The molecule has 0 aromatic heterocycles. The summed E-state index contributed by atoms with van der Waals surface area (Å²) in [6, 6.07) is 6.14. The van der Waals surface area contributed by atoms with E-state index in [-0.39, 0.29) is 29.9 Å². The standard InChI is InChI=1S/C19H29F3N4O.HI/c1-14-4-5-15(10-17(14)27-3)6-8-24-18(23-2)25-11-16-7-9-26(12-16)13-19(20,21)22;/h4-5,10,16H,6-9,11-13H2,1-3H3,(H2,23,24,25);1H. The summed E-state index contributed by atoms with van der Waals surface area (Å²) in [4.78, 5) is 5.65. The lowest BCUT2D eigenvalue weighted by Crippen LogP contribution is -2.41. The molecule has 1 aliphatic rings. The highest BCUT2D eigenvalue weighted by Gasteiger charge is 2.34. The van der Waals surface area contributed by atoms with Gasteiger partial charge in [0.25, 0.3) is 0 Å². The smallest absolute Gasteiger partial charge is 0.401 e.